The van der Waals surface area contributed by atoms with Crippen molar-refractivity contribution >= 4 is 40.4 Å². The van der Waals surface area contributed by atoms with E-state index in [9.17, 15) is 9.18 Å². The van der Waals surface area contributed by atoms with Crippen LogP contribution in [0.15, 0.2) is 78.0 Å². The lowest BCUT2D eigenvalue weighted by Crippen LogP contribution is -2.26. The summed E-state index contributed by atoms with van der Waals surface area (Å²) in [7, 11) is 0. The number of benzene rings is 3. The maximum absolute atomic E-state index is 13.4. The Kier molecular flexibility index (Phi) is 5.20. The first kappa shape index (κ1) is 20.1. The summed E-state index contributed by atoms with van der Waals surface area (Å²) < 4.78 is 13.4. The number of hydrogen-bond donors (Lipinski definition) is 2. The Morgan fingerprint density at radius 1 is 0.839 bits per heavy atom. The molecule has 2 unspecified atom stereocenters. The maximum Gasteiger partial charge on any atom is 0.163 e. The Bertz CT molecular complexity index is 1210. The number of nitrogens with one attached hydrogen (secondary N) is 2. The second kappa shape index (κ2) is 8.03. The smallest absolute Gasteiger partial charge is 0.163 e. The van der Waals surface area contributed by atoms with E-state index in [-0.39, 0.29) is 23.6 Å². The summed E-state index contributed by atoms with van der Waals surface area (Å²) in [5.41, 5.74) is 5.21. The van der Waals surface area contributed by atoms with Crippen LogP contribution in [0.4, 0.5) is 15.8 Å². The van der Waals surface area contributed by atoms with E-state index in [1.807, 2.05) is 30.3 Å². The number of carbonyl (C=O) groups is 1. The summed E-state index contributed by atoms with van der Waals surface area (Å²) in [4.78, 5) is 13.4. The van der Waals surface area contributed by atoms with E-state index in [0.29, 0.717) is 28.5 Å². The van der Waals surface area contributed by atoms with Crippen LogP contribution in [0, 0.1) is 5.82 Å². The molecule has 5 rings (SSSR count). The fourth-order valence-electron chi connectivity index (χ4n) is 4.40. The van der Waals surface area contributed by atoms with Crippen molar-refractivity contribution in [2.24, 2.45) is 0 Å². The highest BCUT2D eigenvalue weighted by Crippen LogP contribution is 2.44. The van der Waals surface area contributed by atoms with Crippen molar-refractivity contribution in [1.82, 2.24) is 0 Å². The number of ketones is 1. The topological polar surface area (TPSA) is 41.1 Å². The predicted molar refractivity (Wildman–Crippen MR) is 123 cm³/mol. The van der Waals surface area contributed by atoms with Gasteiger partial charge in [0.15, 0.2) is 5.78 Å². The highest BCUT2D eigenvalue weighted by Gasteiger charge is 2.36. The van der Waals surface area contributed by atoms with E-state index >= 15 is 0 Å². The molecule has 0 amide bonds. The Morgan fingerprint density at radius 2 is 1.55 bits per heavy atom. The minimum atomic E-state index is -0.359. The van der Waals surface area contributed by atoms with Crippen molar-refractivity contribution in [1.29, 1.82) is 0 Å². The van der Waals surface area contributed by atoms with Gasteiger partial charge in [-0.25, -0.2) is 4.39 Å². The zero-order valence-corrected chi connectivity index (χ0v) is 18.0. The Balaban J connectivity index is 1.61. The van der Waals surface area contributed by atoms with Crippen LogP contribution in [0.1, 0.15) is 35.9 Å². The molecule has 0 saturated heterocycles. The quantitative estimate of drug-likeness (QED) is 0.435. The standard InChI is InChI=1S/C25H19Cl2FN2O/c26-18-10-7-15(11-19(18)27)25-24-22(29-20-3-1-2-4-21(20)30-25)12-16(13-23(24)31)14-5-8-17(28)9-6-14/h1-11,16,25,29-30H,12-13H2. The number of carbonyl (C=O) groups excluding carboxylic acids is 1. The lowest BCUT2D eigenvalue weighted by molar-refractivity contribution is -0.116. The summed E-state index contributed by atoms with van der Waals surface area (Å²) in [6, 6.07) is 19.4. The van der Waals surface area contributed by atoms with E-state index in [0.717, 1.165) is 28.2 Å². The molecular weight excluding hydrogens is 434 g/mol. The molecule has 3 nitrogen and oxygen atoms in total. The molecule has 0 radical (unpaired) electrons. The molecule has 1 aliphatic heterocycles. The van der Waals surface area contributed by atoms with Crippen molar-refractivity contribution in [3.05, 3.63) is 105 Å². The van der Waals surface area contributed by atoms with Gasteiger partial charge in [0, 0.05) is 17.7 Å². The Labute approximate surface area is 189 Å². The third-order valence-electron chi connectivity index (χ3n) is 5.93. The molecule has 156 valence electrons. The lowest BCUT2D eigenvalue weighted by Gasteiger charge is -2.30. The number of hydrogen-bond acceptors (Lipinski definition) is 3. The van der Waals surface area contributed by atoms with E-state index in [1.54, 1.807) is 24.3 Å². The van der Waals surface area contributed by atoms with Crippen molar-refractivity contribution in [3.63, 3.8) is 0 Å². The molecule has 3 aromatic rings. The predicted octanol–water partition coefficient (Wildman–Crippen LogP) is 7.11. The van der Waals surface area contributed by atoms with Crippen LogP contribution in [0.3, 0.4) is 0 Å². The van der Waals surface area contributed by atoms with Gasteiger partial charge in [0.2, 0.25) is 0 Å². The molecule has 2 aliphatic rings. The lowest BCUT2D eigenvalue weighted by atomic mass is 9.78. The number of para-hydroxylation sites is 2. The summed E-state index contributed by atoms with van der Waals surface area (Å²) in [6.45, 7) is 0. The van der Waals surface area contributed by atoms with Crippen LogP contribution < -0.4 is 10.6 Å². The van der Waals surface area contributed by atoms with Crippen molar-refractivity contribution in [3.8, 4) is 0 Å². The molecule has 0 aromatic heterocycles. The summed E-state index contributed by atoms with van der Waals surface area (Å²) in [5, 5.41) is 7.93. The van der Waals surface area contributed by atoms with E-state index in [2.05, 4.69) is 10.6 Å². The average molecular weight is 453 g/mol. The zero-order chi connectivity index (χ0) is 21.5. The number of rotatable bonds is 2. The number of allylic oxidation sites excluding steroid dienone is 1. The molecule has 0 spiro atoms. The van der Waals surface area contributed by atoms with Gasteiger partial charge in [-0.3, -0.25) is 4.79 Å². The normalized spacial score (nSPS) is 20.3. The fraction of sp³-hybridized carbons (Fsp3) is 0.160. The highest BCUT2D eigenvalue weighted by atomic mass is 35.5. The third kappa shape index (κ3) is 3.82. The molecule has 2 N–H and O–H groups in total. The highest BCUT2D eigenvalue weighted by molar-refractivity contribution is 6.42. The number of Topliss-reactive ketones (excluding diaryl/α,β-unsaturated/α-hetero) is 1. The fourth-order valence-corrected chi connectivity index (χ4v) is 4.71. The van der Waals surface area contributed by atoms with Crippen molar-refractivity contribution in [2.75, 3.05) is 10.6 Å². The molecule has 0 bridgehead atoms. The van der Waals surface area contributed by atoms with E-state index in [1.165, 1.54) is 12.1 Å². The van der Waals surface area contributed by atoms with E-state index < -0.39 is 0 Å². The van der Waals surface area contributed by atoms with Gasteiger partial charge in [-0.2, -0.15) is 0 Å². The molecule has 31 heavy (non-hydrogen) atoms. The first-order valence-corrected chi connectivity index (χ1v) is 10.8. The SMILES string of the molecule is O=C1CC(c2ccc(F)cc2)CC2=C1C(c1ccc(Cl)c(Cl)c1)Nc1ccccc1N2. The van der Waals surface area contributed by atoms with Crippen LogP contribution in [0.2, 0.25) is 10.0 Å². The van der Waals surface area contributed by atoms with Gasteiger partial charge < -0.3 is 10.6 Å². The summed E-state index contributed by atoms with van der Waals surface area (Å²) in [5.74, 6) is -0.241. The minimum Gasteiger partial charge on any atom is -0.372 e. The van der Waals surface area contributed by atoms with Crippen LogP contribution in [0.5, 0.6) is 0 Å². The Morgan fingerprint density at radius 3 is 2.29 bits per heavy atom. The summed E-state index contributed by atoms with van der Waals surface area (Å²) in [6.07, 6.45) is 1.02. The Hall–Kier alpha value is -2.82. The number of anilines is 2. The largest absolute Gasteiger partial charge is 0.372 e. The molecule has 0 fully saturated rings. The molecule has 2 atom stereocenters. The molecule has 6 heteroatoms. The van der Waals surface area contributed by atoms with Gasteiger partial charge in [0.05, 0.1) is 27.5 Å². The average Bonchev–Trinajstić information content (AvgIpc) is 2.93. The number of halogens is 3. The second-order valence-corrected chi connectivity index (χ2v) is 8.71. The van der Waals surface area contributed by atoms with Gasteiger partial charge >= 0.3 is 0 Å². The third-order valence-corrected chi connectivity index (χ3v) is 6.67. The molecule has 1 aliphatic carbocycles. The molecule has 1 heterocycles. The van der Waals surface area contributed by atoms with Gasteiger partial charge in [0.25, 0.3) is 0 Å². The van der Waals surface area contributed by atoms with Crippen LogP contribution >= 0.6 is 23.2 Å². The van der Waals surface area contributed by atoms with Crippen molar-refractivity contribution < 1.29 is 9.18 Å². The minimum absolute atomic E-state index is 0.0148. The van der Waals surface area contributed by atoms with E-state index in [4.69, 9.17) is 23.2 Å². The monoisotopic (exact) mass is 452 g/mol. The second-order valence-electron chi connectivity index (χ2n) is 7.89. The molecule has 3 aromatic carbocycles. The summed E-state index contributed by atoms with van der Waals surface area (Å²) >= 11 is 12.4. The van der Waals surface area contributed by atoms with Gasteiger partial charge in [-0.05, 0) is 59.9 Å². The molecular formula is C25H19Cl2FN2O. The zero-order valence-electron chi connectivity index (χ0n) is 16.5. The maximum atomic E-state index is 13.4. The van der Waals surface area contributed by atoms with Gasteiger partial charge in [0.1, 0.15) is 5.82 Å². The van der Waals surface area contributed by atoms with Gasteiger partial charge in [-0.15, -0.1) is 0 Å². The van der Waals surface area contributed by atoms with Crippen LogP contribution in [0.25, 0.3) is 0 Å². The van der Waals surface area contributed by atoms with Crippen molar-refractivity contribution in [2.45, 2.75) is 24.8 Å². The van der Waals surface area contributed by atoms with Gasteiger partial charge in [-0.1, -0.05) is 53.5 Å². The van der Waals surface area contributed by atoms with Crippen LogP contribution in [-0.4, -0.2) is 5.78 Å². The number of fused-ring (bicyclic) bond motifs is 1. The first-order valence-electron chi connectivity index (χ1n) is 10.1. The van der Waals surface area contributed by atoms with Crippen LogP contribution in [-0.2, 0) is 4.79 Å². The first-order chi connectivity index (χ1) is 15.0. The molecule has 0 saturated carbocycles.